The Morgan fingerprint density at radius 3 is 2.38 bits per heavy atom. The average molecular weight is 507 g/mol. The molecule has 0 spiro atoms. The zero-order valence-corrected chi connectivity index (χ0v) is 17.9. The van der Waals surface area contributed by atoms with Crippen molar-refractivity contribution in [1.29, 1.82) is 0 Å². The quantitative estimate of drug-likeness (QED) is 0.247. The largest absolute Gasteiger partial charge is 0.573 e. The molecule has 0 saturated heterocycles. The summed E-state index contributed by atoms with van der Waals surface area (Å²) in [5.74, 6) is -0.280. The molecular weight excluding hydrogens is 490 g/mol. The number of nitrogens with zero attached hydrogens (tertiary/aromatic N) is 2. The second kappa shape index (κ2) is 10.3. The normalized spacial score (nSPS) is 11.9. The molecule has 0 radical (unpaired) electrons. The Labute approximate surface area is 194 Å². The second-order valence-corrected chi connectivity index (χ2v) is 7.27. The smallest absolute Gasteiger partial charge is 0.406 e. The van der Waals surface area contributed by atoms with Crippen LogP contribution < -0.4 is 15.4 Å². The van der Waals surface area contributed by atoms with E-state index < -0.39 is 23.9 Å². The molecule has 3 aromatic rings. The summed E-state index contributed by atoms with van der Waals surface area (Å²) in [6, 6.07) is 9.21. The highest BCUT2D eigenvalue weighted by Crippen LogP contribution is 2.35. The van der Waals surface area contributed by atoms with E-state index in [4.69, 9.17) is 16.7 Å². The van der Waals surface area contributed by atoms with Gasteiger partial charge in [0, 0.05) is 24.8 Å². The lowest BCUT2D eigenvalue weighted by Crippen LogP contribution is -2.17. The third-order valence-electron chi connectivity index (χ3n) is 4.27. The molecule has 3 rings (SSSR count). The van der Waals surface area contributed by atoms with Gasteiger partial charge in [0.2, 0.25) is 5.95 Å². The predicted octanol–water partition coefficient (Wildman–Crippen LogP) is 6.25. The van der Waals surface area contributed by atoms with Crippen LogP contribution in [0.3, 0.4) is 0 Å². The van der Waals surface area contributed by atoms with Crippen LogP contribution in [0, 0.1) is 0 Å². The SMILES string of the molecule is OCCCNc1nc(Nc2ccc(C(F)(F)F)cc2Cl)cc(-c2cccc(OC(F)(F)F)c2)n1. The van der Waals surface area contributed by atoms with Crippen molar-refractivity contribution in [3.05, 3.63) is 59.1 Å². The average Bonchev–Trinajstić information content (AvgIpc) is 2.73. The Bertz CT molecular complexity index is 1140. The molecular formula is C21H17ClF6N4O2. The van der Waals surface area contributed by atoms with E-state index in [2.05, 4.69) is 25.3 Å². The van der Waals surface area contributed by atoms with Gasteiger partial charge in [-0.25, -0.2) is 4.98 Å². The van der Waals surface area contributed by atoms with E-state index in [-0.39, 0.29) is 46.9 Å². The fourth-order valence-corrected chi connectivity index (χ4v) is 3.03. The van der Waals surface area contributed by atoms with Crippen LogP contribution in [-0.4, -0.2) is 34.6 Å². The number of halogens is 7. The topological polar surface area (TPSA) is 79.3 Å². The molecule has 0 amide bonds. The van der Waals surface area contributed by atoms with E-state index in [9.17, 15) is 26.3 Å². The van der Waals surface area contributed by atoms with Crippen molar-refractivity contribution in [2.45, 2.75) is 19.0 Å². The van der Waals surface area contributed by atoms with E-state index in [0.29, 0.717) is 6.42 Å². The van der Waals surface area contributed by atoms with Crippen molar-refractivity contribution in [3.63, 3.8) is 0 Å². The fraction of sp³-hybridized carbons (Fsp3) is 0.238. The van der Waals surface area contributed by atoms with Gasteiger partial charge >= 0.3 is 12.5 Å². The van der Waals surface area contributed by atoms with Crippen molar-refractivity contribution in [2.24, 2.45) is 0 Å². The van der Waals surface area contributed by atoms with Crippen LogP contribution in [0.4, 0.5) is 43.8 Å². The molecule has 34 heavy (non-hydrogen) atoms. The van der Waals surface area contributed by atoms with Gasteiger partial charge in [-0.15, -0.1) is 13.2 Å². The zero-order valence-electron chi connectivity index (χ0n) is 17.1. The molecule has 1 heterocycles. The Kier molecular flexibility index (Phi) is 7.72. The second-order valence-electron chi connectivity index (χ2n) is 6.86. The molecule has 0 aliphatic carbocycles. The molecule has 13 heteroatoms. The third-order valence-corrected chi connectivity index (χ3v) is 4.58. The summed E-state index contributed by atoms with van der Waals surface area (Å²) in [7, 11) is 0. The first-order chi connectivity index (χ1) is 15.9. The number of ether oxygens (including phenoxy) is 1. The zero-order chi connectivity index (χ0) is 24.9. The molecule has 1 aromatic heterocycles. The standard InChI is InChI=1S/C21H17ClF6N4O2/c22-15-10-13(20(23,24)25)5-6-16(15)30-18-11-17(31-19(32-18)29-7-2-8-33)12-3-1-4-14(9-12)34-21(26,27)28/h1,3-6,9-11,33H,2,7-8H2,(H2,29,30,31,32). The van der Waals surface area contributed by atoms with Crippen molar-refractivity contribution in [2.75, 3.05) is 23.8 Å². The molecule has 0 bridgehead atoms. The predicted molar refractivity (Wildman–Crippen MR) is 114 cm³/mol. The molecule has 2 aromatic carbocycles. The van der Waals surface area contributed by atoms with Crippen LogP contribution in [0.1, 0.15) is 12.0 Å². The van der Waals surface area contributed by atoms with Crippen molar-refractivity contribution in [3.8, 4) is 17.0 Å². The van der Waals surface area contributed by atoms with Gasteiger partial charge in [-0.3, -0.25) is 0 Å². The third kappa shape index (κ3) is 7.12. The molecule has 0 saturated carbocycles. The number of anilines is 3. The van der Waals surface area contributed by atoms with E-state index >= 15 is 0 Å². The van der Waals surface area contributed by atoms with Crippen LogP contribution in [0.15, 0.2) is 48.5 Å². The van der Waals surface area contributed by atoms with Gasteiger partial charge in [0.1, 0.15) is 11.6 Å². The van der Waals surface area contributed by atoms with E-state index in [0.717, 1.165) is 30.3 Å². The highest BCUT2D eigenvalue weighted by molar-refractivity contribution is 6.33. The first-order valence-electron chi connectivity index (χ1n) is 9.68. The summed E-state index contributed by atoms with van der Waals surface area (Å²) in [6.07, 6.45) is -9.08. The summed E-state index contributed by atoms with van der Waals surface area (Å²) in [6.45, 7) is 0.188. The van der Waals surface area contributed by atoms with Gasteiger partial charge in [-0.2, -0.15) is 18.2 Å². The minimum absolute atomic E-state index is 0.0682. The molecule has 3 N–H and O–H groups in total. The summed E-state index contributed by atoms with van der Waals surface area (Å²) < 4.78 is 80.4. The van der Waals surface area contributed by atoms with Crippen LogP contribution in [0.25, 0.3) is 11.3 Å². The van der Waals surface area contributed by atoms with Crippen molar-refractivity contribution < 1.29 is 36.2 Å². The lowest BCUT2D eigenvalue weighted by atomic mass is 10.1. The summed E-state index contributed by atoms with van der Waals surface area (Å²) >= 11 is 5.99. The van der Waals surface area contributed by atoms with E-state index in [1.54, 1.807) is 0 Å². The molecule has 6 nitrogen and oxygen atoms in total. The minimum atomic E-state index is -4.88. The molecule has 0 aliphatic heterocycles. The van der Waals surface area contributed by atoms with Crippen LogP contribution in [-0.2, 0) is 6.18 Å². The molecule has 182 valence electrons. The molecule has 0 atom stereocenters. The summed E-state index contributed by atoms with van der Waals surface area (Å²) in [5, 5.41) is 14.4. The molecule has 0 fully saturated rings. The van der Waals surface area contributed by atoms with Gasteiger partial charge < -0.3 is 20.5 Å². The lowest BCUT2D eigenvalue weighted by molar-refractivity contribution is -0.274. The first kappa shape index (κ1) is 25.4. The number of aliphatic hydroxyl groups excluding tert-OH is 1. The van der Waals surface area contributed by atoms with Gasteiger partial charge in [-0.1, -0.05) is 23.7 Å². The Morgan fingerprint density at radius 2 is 1.74 bits per heavy atom. The number of alkyl halides is 6. The number of benzene rings is 2. The maximum atomic E-state index is 12.9. The Balaban J connectivity index is 1.96. The highest BCUT2D eigenvalue weighted by atomic mass is 35.5. The number of hydrogen-bond acceptors (Lipinski definition) is 6. The van der Waals surface area contributed by atoms with E-state index in [1.807, 2.05) is 0 Å². The maximum absolute atomic E-state index is 12.9. The van der Waals surface area contributed by atoms with Gasteiger partial charge in [0.05, 0.1) is 22.0 Å². The van der Waals surface area contributed by atoms with Gasteiger partial charge in [0.25, 0.3) is 0 Å². The van der Waals surface area contributed by atoms with E-state index in [1.165, 1.54) is 18.2 Å². The van der Waals surface area contributed by atoms with Crippen LogP contribution in [0.5, 0.6) is 5.75 Å². The lowest BCUT2D eigenvalue weighted by Gasteiger charge is -2.14. The summed E-state index contributed by atoms with van der Waals surface area (Å²) in [5.41, 5.74) is -0.357. The van der Waals surface area contributed by atoms with Crippen LogP contribution >= 0.6 is 11.6 Å². The molecule has 0 aliphatic rings. The maximum Gasteiger partial charge on any atom is 0.573 e. The van der Waals surface area contributed by atoms with Gasteiger partial charge in [-0.05, 0) is 36.8 Å². The fourth-order valence-electron chi connectivity index (χ4n) is 2.80. The first-order valence-corrected chi connectivity index (χ1v) is 10.1. The minimum Gasteiger partial charge on any atom is -0.406 e. The Morgan fingerprint density at radius 1 is 0.971 bits per heavy atom. The summed E-state index contributed by atoms with van der Waals surface area (Å²) in [4.78, 5) is 8.47. The van der Waals surface area contributed by atoms with Crippen molar-refractivity contribution in [1.82, 2.24) is 9.97 Å². The Hall–Kier alpha value is -3.25. The number of nitrogens with one attached hydrogen (secondary N) is 2. The monoisotopic (exact) mass is 506 g/mol. The number of aromatic nitrogens is 2. The highest BCUT2D eigenvalue weighted by Gasteiger charge is 2.32. The van der Waals surface area contributed by atoms with Crippen molar-refractivity contribution >= 4 is 29.1 Å². The molecule has 0 unspecified atom stereocenters. The number of rotatable bonds is 8. The van der Waals surface area contributed by atoms with Crippen LogP contribution in [0.2, 0.25) is 5.02 Å². The number of aliphatic hydroxyl groups is 1. The number of hydrogen-bond donors (Lipinski definition) is 3. The van der Waals surface area contributed by atoms with Gasteiger partial charge in [0.15, 0.2) is 0 Å².